The maximum atomic E-state index is 13.1. The van der Waals surface area contributed by atoms with Gasteiger partial charge in [0.05, 0.1) is 36.7 Å². The van der Waals surface area contributed by atoms with Crippen LogP contribution in [0, 0.1) is 17.3 Å². The predicted octanol–water partition coefficient (Wildman–Crippen LogP) is 5.19. The van der Waals surface area contributed by atoms with E-state index in [0.29, 0.717) is 19.4 Å². The highest BCUT2D eigenvalue weighted by atomic mass is 16.7. The molecule has 1 fully saturated rings. The summed E-state index contributed by atoms with van der Waals surface area (Å²) in [7, 11) is 0. The zero-order chi connectivity index (χ0) is 30.1. The number of aliphatic hydroxyl groups is 1. The molecular weight excluding hydrogens is 538 g/mol. The molecule has 9 nitrogen and oxygen atoms in total. The van der Waals surface area contributed by atoms with Crippen LogP contribution >= 0.6 is 0 Å². The van der Waals surface area contributed by atoms with E-state index < -0.39 is 35.2 Å². The molecule has 9 heteroatoms. The lowest BCUT2D eigenvalue weighted by Crippen LogP contribution is -2.36. The first kappa shape index (κ1) is 31.1. The molecule has 0 radical (unpaired) electrons. The average Bonchev–Trinajstić information content (AvgIpc) is 3.83. The van der Waals surface area contributed by atoms with Gasteiger partial charge in [-0.3, -0.25) is 9.59 Å². The van der Waals surface area contributed by atoms with Crippen LogP contribution in [0.1, 0.15) is 52.0 Å². The van der Waals surface area contributed by atoms with E-state index in [-0.39, 0.29) is 38.8 Å². The van der Waals surface area contributed by atoms with Gasteiger partial charge in [0.2, 0.25) is 0 Å². The molecule has 0 aromatic heterocycles. The average molecular weight is 578 g/mol. The first-order valence-electron chi connectivity index (χ1n) is 14.5. The molecule has 3 aromatic rings. The van der Waals surface area contributed by atoms with E-state index in [1.807, 2.05) is 55.5 Å². The standard InChI is InChI=1S/C33H39NO8/c1-4-33(3,32(38)41-21-26-20-40-26)18-25(31(37)39-15-9-14-35)16-22(2)30(36)42-34-19-29-27-12-7-5-10-23(27)17-24-11-6-8-13-28(24)29/h5-8,10-13,17,19,22,25-26,35H,4,9,14-16,18,20-21H2,1-3H3/b34-19+. The van der Waals surface area contributed by atoms with Gasteiger partial charge in [0.1, 0.15) is 12.7 Å². The summed E-state index contributed by atoms with van der Waals surface area (Å²) in [5.41, 5.74) is -0.129. The molecule has 0 amide bonds. The van der Waals surface area contributed by atoms with Crippen LogP contribution in [0.3, 0.4) is 0 Å². The van der Waals surface area contributed by atoms with E-state index in [2.05, 4.69) is 11.2 Å². The number of carbonyl (C=O) groups is 3. The van der Waals surface area contributed by atoms with E-state index in [9.17, 15) is 14.4 Å². The van der Waals surface area contributed by atoms with E-state index in [1.165, 1.54) is 0 Å². The van der Waals surface area contributed by atoms with Crippen molar-refractivity contribution in [3.05, 3.63) is 60.2 Å². The summed E-state index contributed by atoms with van der Waals surface area (Å²) in [4.78, 5) is 44.3. The molecule has 3 aromatic carbocycles. The fourth-order valence-corrected chi connectivity index (χ4v) is 4.97. The molecule has 0 aliphatic carbocycles. The van der Waals surface area contributed by atoms with E-state index in [0.717, 1.165) is 27.1 Å². The topological polar surface area (TPSA) is 124 Å². The van der Waals surface area contributed by atoms with E-state index >= 15 is 0 Å². The minimum atomic E-state index is -0.966. The third-order valence-corrected chi connectivity index (χ3v) is 7.83. The van der Waals surface area contributed by atoms with Gasteiger partial charge in [-0.05, 0) is 53.8 Å². The van der Waals surface area contributed by atoms with Gasteiger partial charge < -0.3 is 24.2 Å². The van der Waals surface area contributed by atoms with Crippen LogP contribution in [-0.2, 0) is 33.4 Å². The molecule has 1 aliphatic heterocycles. The Bertz CT molecular complexity index is 1380. The van der Waals surface area contributed by atoms with E-state index in [1.54, 1.807) is 20.1 Å². The van der Waals surface area contributed by atoms with Gasteiger partial charge in [-0.1, -0.05) is 67.5 Å². The zero-order valence-corrected chi connectivity index (χ0v) is 24.4. The quantitative estimate of drug-likeness (QED) is 0.0498. The van der Waals surface area contributed by atoms with Crippen molar-refractivity contribution in [1.29, 1.82) is 0 Å². The third kappa shape index (κ3) is 7.92. The second-order valence-electron chi connectivity index (χ2n) is 11.1. The Kier molecular flexibility index (Phi) is 10.7. The van der Waals surface area contributed by atoms with Crippen molar-refractivity contribution in [2.45, 2.75) is 52.6 Å². The van der Waals surface area contributed by atoms with Gasteiger partial charge in [-0.25, -0.2) is 4.79 Å². The van der Waals surface area contributed by atoms with Crippen molar-refractivity contribution in [2.24, 2.45) is 22.4 Å². The number of oxime groups is 1. The fourth-order valence-electron chi connectivity index (χ4n) is 4.97. The van der Waals surface area contributed by atoms with Crippen LogP contribution in [0.25, 0.3) is 21.5 Å². The number of aliphatic hydroxyl groups excluding tert-OH is 1. The number of epoxide rings is 1. The molecule has 4 unspecified atom stereocenters. The fraction of sp³-hybridized carbons (Fsp3) is 0.455. The third-order valence-electron chi connectivity index (χ3n) is 7.83. The van der Waals surface area contributed by atoms with Crippen molar-refractivity contribution >= 4 is 45.7 Å². The Morgan fingerprint density at radius 1 is 1.07 bits per heavy atom. The van der Waals surface area contributed by atoms with Crippen molar-refractivity contribution in [3.63, 3.8) is 0 Å². The van der Waals surface area contributed by atoms with Gasteiger partial charge in [-0.2, -0.15) is 0 Å². The lowest BCUT2D eigenvalue weighted by Gasteiger charge is -2.30. The van der Waals surface area contributed by atoms with Crippen molar-refractivity contribution in [1.82, 2.24) is 0 Å². The Morgan fingerprint density at radius 2 is 1.71 bits per heavy atom. The number of fused-ring (bicyclic) bond motifs is 2. The second-order valence-corrected chi connectivity index (χ2v) is 11.1. The first-order chi connectivity index (χ1) is 20.3. The van der Waals surface area contributed by atoms with Crippen LogP contribution in [0.15, 0.2) is 59.8 Å². The van der Waals surface area contributed by atoms with Gasteiger partial charge in [0.15, 0.2) is 0 Å². The van der Waals surface area contributed by atoms with Gasteiger partial charge in [-0.15, -0.1) is 0 Å². The molecule has 4 atom stereocenters. The normalized spacial score (nSPS) is 17.5. The molecule has 1 aliphatic rings. The largest absolute Gasteiger partial charge is 0.465 e. The van der Waals surface area contributed by atoms with Crippen LogP contribution in [-0.4, -0.2) is 61.8 Å². The molecule has 0 saturated carbocycles. The van der Waals surface area contributed by atoms with Crippen molar-refractivity contribution in [2.75, 3.05) is 26.4 Å². The lowest BCUT2D eigenvalue weighted by molar-refractivity contribution is -0.160. The minimum Gasteiger partial charge on any atom is -0.465 e. The maximum Gasteiger partial charge on any atom is 0.337 e. The number of ether oxygens (including phenoxy) is 3. The molecule has 224 valence electrons. The Balaban J connectivity index is 1.46. The summed E-state index contributed by atoms with van der Waals surface area (Å²) in [6.45, 7) is 5.92. The van der Waals surface area contributed by atoms with Crippen LogP contribution < -0.4 is 0 Å². The van der Waals surface area contributed by atoms with Gasteiger partial charge in [0, 0.05) is 18.6 Å². The summed E-state index contributed by atoms with van der Waals surface area (Å²) in [6, 6.07) is 18.0. The molecular formula is C33H39NO8. The highest BCUT2D eigenvalue weighted by Crippen LogP contribution is 2.35. The highest BCUT2D eigenvalue weighted by molar-refractivity contribution is 6.13. The summed E-state index contributed by atoms with van der Waals surface area (Å²) in [5, 5.41) is 17.2. The molecule has 0 bridgehead atoms. The number of esters is 2. The highest BCUT2D eigenvalue weighted by Gasteiger charge is 2.40. The summed E-state index contributed by atoms with van der Waals surface area (Å²) in [6.07, 6.45) is 2.43. The molecule has 42 heavy (non-hydrogen) atoms. The molecule has 1 heterocycles. The molecule has 1 saturated heterocycles. The Labute approximate surface area is 245 Å². The number of nitrogens with zero attached hydrogens (tertiary/aromatic N) is 1. The second kappa shape index (κ2) is 14.4. The summed E-state index contributed by atoms with van der Waals surface area (Å²) < 4.78 is 15.9. The van der Waals surface area contributed by atoms with Crippen molar-refractivity contribution in [3.8, 4) is 0 Å². The number of hydrogen-bond acceptors (Lipinski definition) is 9. The number of carbonyl (C=O) groups excluding carboxylic acids is 3. The van der Waals surface area contributed by atoms with Crippen LogP contribution in [0.5, 0.6) is 0 Å². The number of benzene rings is 3. The van der Waals surface area contributed by atoms with Crippen molar-refractivity contribution < 1.29 is 38.5 Å². The summed E-state index contributed by atoms with van der Waals surface area (Å²) >= 11 is 0. The van der Waals surface area contributed by atoms with E-state index in [4.69, 9.17) is 24.2 Å². The SMILES string of the molecule is CCC(C)(CC(CC(C)C(=O)O/N=C/c1c2ccccc2cc2ccccc12)C(=O)OCCCO)C(=O)OCC1CO1. The zero-order valence-electron chi connectivity index (χ0n) is 24.4. The monoisotopic (exact) mass is 577 g/mol. The smallest absolute Gasteiger partial charge is 0.337 e. The molecule has 1 N–H and O–H groups in total. The molecule has 0 spiro atoms. The van der Waals surface area contributed by atoms with Gasteiger partial charge >= 0.3 is 17.9 Å². The minimum absolute atomic E-state index is 0.0419. The maximum absolute atomic E-state index is 13.1. The Morgan fingerprint density at radius 3 is 2.31 bits per heavy atom. The number of rotatable bonds is 15. The number of hydrogen-bond donors (Lipinski definition) is 1. The van der Waals surface area contributed by atoms with Gasteiger partial charge in [0.25, 0.3) is 0 Å². The Hall–Kier alpha value is -3.82. The summed E-state index contributed by atoms with van der Waals surface area (Å²) in [5.74, 6) is -3.04. The van der Waals surface area contributed by atoms with Crippen LogP contribution in [0.4, 0.5) is 0 Å². The lowest BCUT2D eigenvalue weighted by atomic mass is 9.76. The molecule has 4 rings (SSSR count). The van der Waals surface area contributed by atoms with Crippen LogP contribution in [0.2, 0.25) is 0 Å². The predicted molar refractivity (Wildman–Crippen MR) is 159 cm³/mol. The first-order valence-corrected chi connectivity index (χ1v) is 14.5.